The molecule has 10 nitrogen and oxygen atoms in total. The van der Waals surface area contributed by atoms with Crippen molar-refractivity contribution in [2.45, 2.75) is 54.4 Å². The van der Waals surface area contributed by atoms with Crippen molar-refractivity contribution in [1.82, 2.24) is 20.2 Å². The molecule has 238 valence electrons. The number of sulfonamides is 1. The van der Waals surface area contributed by atoms with E-state index in [0.717, 1.165) is 37.6 Å². The summed E-state index contributed by atoms with van der Waals surface area (Å²) in [6.07, 6.45) is -0.866. The molecule has 0 radical (unpaired) electrons. The van der Waals surface area contributed by atoms with Crippen molar-refractivity contribution >= 4 is 33.9 Å². The zero-order valence-corrected chi connectivity index (χ0v) is 24.9. The molecule has 0 amide bonds. The average Bonchev–Trinajstić information content (AvgIpc) is 2.94. The van der Waals surface area contributed by atoms with Crippen LogP contribution < -0.4 is 14.8 Å². The van der Waals surface area contributed by atoms with Crippen LogP contribution in [-0.2, 0) is 21.0 Å². The highest BCUT2D eigenvalue weighted by atomic mass is 35.5. The minimum absolute atomic E-state index is 0.0159. The van der Waals surface area contributed by atoms with Gasteiger partial charge in [-0.3, -0.25) is 14.4 Å². The van der Waals surface area contributed by atoms with Crippen LogP contribution in [0.2, 0.25) is 5.02 Å². The van der Waals surface area contributed by atoms with Gasteiger partial charge < -0.3 is 15.2 Å². The standard InChI is InChI=1S/C27H28ClF4N5O3S.CH2O2/c1-37(19-13-34-14-19)22-10-17(16-3-2-4-18(9-16)27(30,31)32)5-6-23(22)40-24-12-21(29)25(11-20(24)28)41(38,39)36-26-7-8-33-15-35-26;2-1-3/h2-4,7-9,11-12,15,17,19,22-23,34H,5-6,10,13-14H2,1H3,(H,33,35,36);1H,(H,2,3)/t17-,22-,23-;/m0./s1. The van der Waals surface area contributed by atoms with Gasteiger partial charge in [0.25, 0.3) is 16.5 Å². The molecule has 5 rings (SSSR count). The third-order valence-corrected chi connectivity index (χ3v) is 9.34. The summed E-state index contributed by atoms with van der Waals surface area (Å²) in [6.45, 7) is 1.27. The summed E-state index contributed by atoms with van der Waals surface area (Å²) >= 11 is 6.40. The summed E-state index contributed by atoms with van der Waals surface area (Å²) < 4.78 is 89.2. The maximum atomic E-state index is 15.1. The first-order chi connectivity index (χ1) is 20.8. The normalized spacial score (nSPS) is 20.7. The van der Waals surface area contributed by atoms with Crippen LogP contribution in [0.15, 0.2) is 59.9 Å². The summed E-state index contributed by atoms with van der Waals surface area (Å²) in [5, 5.41) is 10.0. The lowest BCUT2D eigenvalue weighted by molar-refractivity contribution is -0.137. The van der Waals surface area contributed by atoms with Gasteiger partial charge in [-0.25, -0.2) is 22.8 Å². The van der Waals surface area contributed by atoms with Gasteiger partial charge >= 0.3 is 6.18 Å². The largest absolute Gasteiger partial charge is 0.487 e. The first-order valence-corrected chi connectivity index (χ1v) is 15.3. The minimum atomic E-state index is -4.44. The molecule has 0 spiro atoms. The molecule has 3 atom stereocenters. The highest BCUT2D eigenvalue weighted by Gasteiger charge is 2.40. The predicted octanol–water partition coefficient (Wildman–Crippen LogP) is 4.78. The van der Waals surface area contributed by atoms with Crippen molar-refractivity contribution in [3.05, 3.63) is 77.0 Å². The van der Waals surface area contributed by atoms with Crippen LogP contribution >= 0.6 is 11.6 Å². The van der Waals surface area contributed by atoms with Crippen molar-refractivity contribution in [3.8, 4) is 5.75 Å². The number of halogens is 5. The topological polar surface area (TPSA) is 134 Å². The average molecular weight is 660 g/mol. The van der Waals surface area contributed by atoms with Crippen LogP contribution in [-0.4, -0.2) is 73.2 Å². The maximum absolute atomic E-state index is 15.1. The number of hydrogen-bond acceptors (Lipinski definition) is 8. The van der Waals surface area contributed by atoms with E-state index in [2.05, 4.69) is 24.9 Å². The van der Waals surface area contributed by atoms with Crippen molar-refractivity contribution in [3.63, 3.8) is 0 Å². The lowest BCUT2D eigenvalue weighted by atomic mass is 9.78. The fraction of sp³-hybridized carbons (Fsp3) is 0.393. The SMILES string of the molecule is CN(C1CNC1)[C@H]1C[C@@H](c2cccc(C(F)(F)F)c2)CC[C@@H]1Oc1cc(F)c(S(=O)(=O)Nc2ccncn2)cc1Cl.O=CO. The molecule has 16 heteroatoms. The molecule has 1 aromatic heterocycles. The molecule has 2 fully saturated rings. The quantitative estimate of drug-likeness (QED) is 0.231. The van der Waals surface area contributed by atoms with E-state index in [1.807, 2.05) is 7.05 Å². The lowest BCUT2D eigenvalue weighted by Crippen LogP contribution is -2.62. The van der Waals surface area contributed by atoms with E-state index in [9.17, 15) is 21.6 Å². The fourth-order valence-corrected chi connectivity index (χ4v) is 6.67. The Labute approximate surface area is 256 Å². The fourth-order valence-electron chi connectivity index (χ4n) is 5.30. The van der Waals surface area contributed by atoms with E-state index in [4.69, 9.17) is 26.2 Å². The number of ether oxygens (including phenoxy) is 1. The van der Waals surface area contributed by atoms with Crippen LogP contribution in [0.4, 0.5) is 23.4 Å². The van der Waals surface area contributed by atoms with Crippen LogP contribution in [0.3, 0.4) is 0 Å². The smallest absolute Gasteiger partial charge is 0.416 e. The molecule has 0 bridgehead atoms. The molecule has 3 N–H and O–H groups in total. The van der Waals surface area contributed by atoms with Gasteiger partial charge in [-0.1, -0.05) is 29.8 Å². The second kappa shape index (κ2) is 14.1. The van der Waals surface area contributed by atoms with E-state index < -0.39 is 38.6 Å². The minimum Gasteiger partial charge on any atom is -0.487 e. The monoisotopic (exact) mass is 659 g/mol. The molecule has 1 saturated heterocycles. The Morgan fingerprint density at radius 1 is 1.18 bits per heavy atom. The number of carbonyl (C=O) groups is 1. The summed E-state index contributed by atoms with van der Waals surface area (Å²) in [6, 6.07) is 8.64. The molecule has 1 aliphatic heterocycles. The second-order valence-corrected chi connectivity index (χ2v) is 12.4. The van der Waals surface area contributed by atoms with E-state index in [1.165, 1.54) is 24.4 Å². The summed E-state index contributed by atoms with van der Waals surface area (Å²) in [5.74, 6) is -1.25. The summed E-state index contributed by atoms with van der Waals surface area (Å²) in [4.78, 5) is 17.3. The molecule has 2 heterocycles. The number of alkyl halides is 3. The van der Waals surface area contributed by atoms with Crippen LogP contribution in [0, 0.1) is 5.82 Å². The zero-order valence-electron chi connectivity index (χ0n) is 23.3. The Morgan fingerprint density at radius 3 is 2.52 bits per heavy atom. The van der Waals surface area contributed by atoms with Gasteiger partial charge in [0.1, 0.15) is 34.7 Å². The lowest BCUT2D eigenvalue weighted by Gasteiger charge is -2.46. The number of nitrogens with zero attached hydrogens (tertiary/aromatic N) is 3. The van der Waals surface area contributed by atoms with E-state index >= 15 is 4.39 Å². The Morgan fingerprint density at radius 2 is 1.91 bits per heavy atom. The van der Waals surface area contributed by atoms with E-state index in [1.54, 1.807) is 6.07 Å². The molecular weight excluding hydrogens is 630 g/mol. The van der Waals surface area contributed by atoms with Crippen molar-refractivity contribution in [1.29, 1.82) is 0 Å². The number of hydrogen-bond donors (Lipinski definition) is 3. The van der Waals surface area contributed by atoms with Crippen molar-refractivity contribution in [2.24, 2.45) is 0 Å². The third-order valence-electron chi connectivity index (χ3n) is 7.67. The Balaban J connectivity index is 0.00000141. The van der Waals surface area contributed by atoms with Crippen LogP contribution in [0.1, 0.15) is 36.3 Å². The van der Waals surface area contributed by atoms with Crippen molar-refractivity contribution in [2.75, 3.05) is 24.9 Å². The Kier molecular flexibility index (Phi) is 10.7. The Bertz CT molecular complexity index is 1550. The highest BCUT2D eigenvalue weighted by Crippen LogP contribution is 2.41. The zero-order chi connectivity index (χ0) is 32.1. The summed E-state index contributed by atoms with van der Waals surface area (Å²) in [5.41, 5.74) is -0.0776. The maximum Gasteiger partial charge on any atom is 0.416 e. The highest BCUT2D eigenvalue weighted by molar-refractivity contribution is 7.92. The summed E-state index contributed by atoms with van der Waals surface area (Å²) in [7, 11) is -2.41. The number of aromatic nitrogens is 2. The number of benzene rings is 2. The molecule has 2 aliphatic rings. The van der Waals surface area contributed by atoms with Gasteiger partial charge in [-0.2, -0.15) is 13.2 Å². The first kappa shape index (κ1) is 33.4. The molecule has 1 aliphatic carbocycles. The first-order valence-electron chi connectivity index (χ1n) is 13.5. The van der Waals surface area contributed by atoms with Gasteiger partial charge in [0.2, 0.25) is 0 Å². The van der Waals surface area contributed by atoms with E-state index in [0.29, 0.717) is 24.8 Å². The number of nitrogens with one attached hydrogen (secondary N) is 2. The number of anilines is 1. The number of likely N-dealkylation sites (N-methyl/N-ethyl adjacent to an activating group) is 1. The number of rotatable bonds is 8. The van der Waals surface area contributed by atoms with Crippen molar-refractivity contribution < 1.29 is 40.6 Å². The molecule has 3 aromatic rings. The van der Waals surface area contributed by atoms with Gasteiger partial charge in [0.05, 0.1) is 10.6 Å². The molecular formula is C28H30ClF4N5O5S. The van der Waals surface area contributed by atoms with Gasteiger partial charge in [-0.15, -0.1) is 0 Å². The predicted molar refractivity (Wildman–Crippen MR) is 154 cm³/mol. The third kappa shape index (κ3) is 7.94. The van der Waals surface area contributed by atoms with Crippen LogP contribution in [0.5, 0.6) is 5.75 Å². The van der Waals surface area contributed by atoms with Gasteiger partial charge in [-0.05, 0) is 56.0 Å². The van der Waals surface area contributed by atoms with Crippen LogP contribution in [0.25, 0.3) is 0 Å². The molecule has 0 unspecified atom stereocenters. The molecule has 44 heavy (non-hydrogen) atoms. The van der Waals surface area contributed by atoms with E-state index in [-0.39, 0.29) is 41.1 Å². The van der Waals surface area contributed by atoms with Gasteiger partial charge in [0.15, 0.2) is 0 Å². The Hall–Kier alpha value is -3.53. The number of carboxylic acid groups (broad SMARTS) is 1. The molecule has 1 saturated carbocycles. The molecule has 2 aromatic carbocycles. The second-order valence-electron chi connectivity index (χ2n) is 10.4. The van der Waals surface area contributed by atoms with Gasteiger partial charge in [0, 0.05) is 37.4 Å².